The van der Waals surface area contributed by atoms with Crippen LogP contribution in [-0.4, -0.2) is 37.2 Å². The Morgan fingerprint density at radius 2 is 0.603 bits per heavy atom. The smallest absolute Gasteiger partial charge is 0.306 e. The molecule has 0 N–H and O–H groups in total. The molecule has 0 heterocycles. The van der Waals surface area contributed by atoms with Gasteiger partial charge in [0.05, 0.1) is 0 Å². The number of esters is 3. The van der Waals surface area contributed by atoms with Crippen molar-refractivity contribution in [3.05, 3.63) is 85.1 Å². The van der Waals surface area contributed by atoms with Crippen molar-refractivity contribution in [2.75, 3.05) is 13.2 Å². The quantitative estimate of drug-likeness (QED) is 0.0262. The summed E-state index contributed by atoms with van der Waals surface area (Å²) >= 11 is 0. The fourth-order valence-corrected chi connectivity index (χ4v) is 7.82. The van der Waals surface area contributed by atoms with E-state index in [1.807, 2.05) is 0 Å². The first-order valence-electron chi connectivity index (χ1n) is 28.6. The van der Waals surface area contributed by atoms with Crippen LogP contribution in [0.2, 0.25) is 0 Å². The first-order valence-corrected chi connectivity index (χ1v) is 28.6. The maximum atomic E-state index is 12.8. The minimum Gasteiger partial charge on any atom is -0.462 e. The van der Waals surface area contributed by atoms with Crippen molar-refractivity contribution in [3.63, 3.8) is 0 Å². The van der Waals surface area contributed by atoms with Gasteiger partial charge in [0.2, 0.25) is 0 Å². The zero-order valence-electron chi connectivity index (χ0n) is 44.6. The van der Waals surface area contributed by atoms with E-state index in [0.29, 0.717) is 19.3 Å². The monoisotopic (exact) mass is 947 g/mol. The maximum absolute atomic E-state index is 12.8. The Hall–Kier alpha value is -3.41. The molecular weight excluding hydrogens is 841 g/mol. The largest absolute Gasteiger partial charge is 0.462 e. The highest BCUT2D eigenvalue weighted by molar-refractivity contribution is 5.71. The molecule has 0 bridgehead atoms. The second-order valence-electron chi connectivity index (χ2n) is 18.8. The summed E-state index contributed by atoms with van der Waals surface area (Å²) in [6.07, 6.45) is 73.1. The molecule has 6 heteroatoms. The van der Waals surface area contributed by atoms with Gasteiger partial charge in [-0.25, -0.2) is 0 Å². The van der Waals surface area contributed by atoms with E-state index < -0.39 is 6.10 Å². The zero-order chi connectivity index (χ0) is 49.3. The Bertz CT molecular complexity index is 1320. The van der Waals surface area contributed by atoms with Crippen molar-refractivity contribution in [2.24, 2.45) is 0 Å². The number of ether oxygens (including phenoxy) is 3. The predicted molar refractivity (Wildman–Crippen MR) is 293 cm³/mol. The highest BCUT2D eigenvalue weighted by atomic mass is 16.6. The molecule has 1 unspecified atom stereocenters. The topological polar surface area (TPSA) is 78.9 Å². The van der Waals surface area contributed by atoms with Gasteiger partial charge in [0, 0.05) is 19.3 Å². The molecule has 0 fully saturated rings. The van der Waals surface area contributed by atoms with Gasteiger partial charge < -0.3 is 14.2 Å². The Labute approximate surface area is 420 Å². The zero-order valence-corrected chi connectivity index (χ0v) is 44.6. The second kappa shape index (κ2) is 56.2. The SMILES string of the molecule is CC/C=C\C/C=C\C/C=C\C/C=C\CCCCC(=O)OC(COC(=O)CCCCCCC/C=C\CCC)COC(=O)CCCCCCCCCCCCCCC/C=C\C/C=C\CCCCCCC. The van der Waals surface area contributed by atoms with Crippen molar-refractivity contribution in [2.45, 2.75) is 277 Å². The lowest BCUT2D eigenvalue weighted by molar-refractivity contribution is -0.167. The predicted octanol–water partition coefficient (Wildman–Crippen LogP) is 19.2. The van der Waals surface area contributed by atoms with E-state index in [-0.39, 0.29) is 37.5 Å². The van der Waals surface area contributed by atoms with Gasteiger partial charge in [-0.3, -0.25) is 14.4 Å². The number of carbonyl (C=O) groups excluding carboxylic acids is 3. The Balaban J connectivity index is 4.27. The Morgan fingerprint density at radius 1 is 0.309 bits per heavy atom. The molecule has 0 rings (SSSR count). The summed E-state index contributed by atoms with van der Waals surface area (Å²) in [6.45, 7) is 6.42. The lowest BCUT2D eigenvalue weighted by Crippen LogP contribution is -2.30. The Morgan fingerprint density at radius 3 is 1.00 bits per heavy atom. The fraction of sp³-hybridized carbons (Fsp3) is 0.726. The number of hydrogen-bond acceptors (Lipinski definition) is 6. The minimum atomic E-state index is -0.801. The van der Waals surface area contributed by atoms with Crippen LogP contribution >= 0.6 is 0 Å². The molecular formula is C62H106O6. The highest BCUT2D eigenvalue weighted by Crippen LogP contribution is 2.15. The van der Waals surface area contributed by atoms with Crippen LogP contribution in [0.3, 0.4) is 0 Å². The van der Waals surface area contributed by atoms with Gasteiger partial charge in [0.1, 0.15) is 13.2 Å². The fourth-order valence-electron chi connectivity index (χ4n) is 7.82. The van der Waals surface area contributed by atoms with Gasteiger partial charge in [-0.05, 0) is 109 Å². The van der Waals surface area contributed by atoms with Crippen LogP contribution in [0.25, 0.3) is 0 Å². The average Bonchev–Trinajstić information content (AvgIpc) is 3.34. The summed E-state index contributed by atoms with van der Waals surface area (Å²) in [5.41, 5.74) is 0. The van der Waals surface area contributed by atoms with E-state index >= 15 is 0 Å². The van der Waals surface area contributed by atoms with Gasteiger partial charge >= 0.3 is 17.9 Å². The molecule has 0 spiro atoms. The van der Waals surface area contributed by atoms with Crippen molar-refractivity contribution in [1.82, 2.24) is 0 Å². The van der Waals surface area contributed by atoms with Crippen LogP contribution < -0.4 is 0 Å². The lowest BCUT2D eigenvalue weighted by atomic mass is 10.0. The number of rotatable bonds is 51. The molecule has 390 valence electrons. The molecule has 0 aliphatic carbocycles. The maximum Gasteiger partial charge on any atom is 0.306 e. The van der Waals surface area contributed by atoms with Crippen molar-refractivity contribution < 1.29 is 28.6 Å². The number of carbonyl (C=O) groups is 3. The normalized spacial score (nSPS) is 12.7. The third-order valence-corrected chi connectivity index (χ3v) is 12.1. The molecule has 0 saturated heterocycles. The van der Waals surface area contributed by atoms with Crippen molar-refractivity contribution >= 4 is 17.9 Å². The van der Waals surface area contributed by atoms with E-state index in [2.05, 4.69) is 106 Å². The van der Waals surface area contributed by atoms with E-state index in [0.717, 1.165) is 103 Å². The summed E-state index contributed by atoms with van der Waals surface area (Å²) in [6, 6.07) is 0. The van der Waals surface area contributed by atoms with E-state index in [1.54, 1.807) is 0 Å². The third kappa shape index (κ3) is 53.5. The van der Waals surface area contributed by atoms with Crippen LogP contribution in [0.5, 0.6) is 0 Å². The summed E-state index contributed by atoms with van der Waals surface area (Å²) in [5, 5.41) is 0. The first-order chi connectivity index (χ1) is 33.5. The van der Waals surface area contributed by atoms with Crippen LogP contribution in [0.15, 0.2) is 85.1 Å². The molecule has 0 saturated carbocycles. The summed E-state index contributed by atoms with van der Waals surface area (Å²) in [4.78, 5) is 38.0. The van der Waals surface area contributed by atoms with Gasteiger partial charge in [0.25, 0.3) is 0 Å². The molecule has 68 heavy (non-hydrogen) atoms. The molecule has 0 aromatic carbocycles. The number of unbranched alkanes of at least 4 members (excludes halogenated alkanes) is 26. The lowest BCUT2D eigenvalue weighted by Gasteiger charge is -2.18. The molecule has 0 aromatic heterocycles. The van der Waals surface area contributed by atoms with Gasteiger partial charge in [-0.15, -0.1) is 0 Å². The average molecular weight is 948 g/mol. The van der Waals surface area contributed by atoms with Crippen LogP contribution in [-0.2, 0) is 28.6 Å². The van der Waals surface area contributed by atoms with E-state index in [4.69, 9.17) is 14.2 Å². The molecule has 0 aliphatic heterocycles. The highest BCUT2D eigenvalue weighted by Gasteiger charge is 2.19. The minimum absolute atomic E-state index is 0.0959. The molecule has 1 atom stereocenters. The van der Waals surface area contributed by atoms with Gasteiger partial charge in [-0.1, -0.05) is 228 Å². The molecule has 6 nitrogen and oxygen atoms in total. The number of hydrogen-bond donors (Lipinski definition) is 0. The molecule has 0 radical (unpaired) electrons. The van der Waals surface area contributed by atoms with Crippen LogP contribution in [0.4, 0.5) is 0 Å². The van der Waals surface area contributed by atoms with Gasteiger partial charge in [-0.2, -0.15) is 0 Å². The summed E-state index contributed by atoms with van der Waals surface area (Å²) < 4.78 is 16.8. The van der Waals surface area contributed by atoms with Crippen molar-refractivity contribution in [1.29, 1.82) is 0 Å². The third-order valence-electron chi connectivity index (χ3n) is 12.1. The summed E-state index contributed by atoms with van der Waals surface area (Å²) in [5.74, 6) is -0.947. The van der Waals surface area contributed by atoms with Crippen molar-refractivity contribution in [3.8, 4) is 0 Å². The molecule has 0 aromatic rings. The van der Waals surface area contributed by atoms with E-state index in [1.165, 1.54) is 122 Å². The molecule has 0 amide bonds. The Kier molecular flexibility index (Phi) is 53.4. The summed E-state index contributed by atoms with van der Waals surface area (Å²) in [7, 11) is 0. The first kappa shape index (κ1) is 64.6. The van der Waals surface area contributed by atoms with E-state index in [9.17, 15) is 14.4 Å². The van der Waals surface area contributed by atoms with Crippen LogP contribution in [0.1, 0.15) is 271 Å². The number of allylic oxidation sites excluding steroid dienone is 14. The van der Waals surface area contributed by atoms with Gasteiger partial charge in [0.15, 0.2) is 6.10 Å². The standard InChI is InChI=1S/C62H106O6/c1-4-7-10-13-16-19-22-24-26-27-28-29-30-31-32-33-34-35-37-38-40-43-46-49-52-55-61(64)67-58-59(57-66-60(63)54-51-48-45-42-21-18-15-12-9-6-3)68-62(65)56-53-50-47-44-41-39-36-25-23-20-17-14-11-8-5-2/h8,11-12,15,17,20,22,24-25,27-28,36,41,44,59H,4-7,9-10,13-14,16,18-19,21,23,26,29-35,37-40,42-43,45-58H2,1-3H3/b11-8-,15-12-,20-17-,24-22-,28-27-,36-25-,44-41-. The van der Waals surface area contributed by atoms with Crippen LogP contribution in [0, 0.1) is 0 Å². The second-order valence-corrected chi connectivity index (χ2v) is 18.8. The molecule has 0 aliphatic rings.